The standard InChI is InChI=1S/C13H15ClN2O3/c1-8-4-5-9(14)10(7-8)15-13(19)16-6-2-3-11(16)12(17)18/h4-5,7,11H,2-3,6H2,1H3,(H,15,19)(H,17,18). The van der Waals surface area contributed by atoms with Crippen molar-refractivity contribution in [3.05, 3.63) is 28.8 Å². The summed E-state index contributed by atoms with van der Waals surface area (Å²) in [6.07, 6.45) is 1.19. The fourth-order valence-electron chi connectivity index (χ4n) is 2.19. The SMILES string of the molecule is Cc1ccc(Cl)c(NC(=O)N2CCCC2C(=O)O)c1. The molecule has 1 fully saturated rings. The first kappa shape index (κ1) is 13.7. The lowest BCUT2D eigenvalue weighted by atomic mass is 10.2. The van der Waals surface area contributed by atoms with Crippen molar-refractivity contribution >= 4 is 29.3 Å². The lowest BCUT2D eigenvalue weighted by molar-refractivity contribution is -0.141. The smallest absolute Gasteiger partial charge is 0.326 e. The van der Waals surface area contributed by atoms with Gasteiger partial charge in [-0.25, -0.2) is 9.59 Å². The fourth-order valence-corrected chi connectivity index (χ4v) is 2.35. The van der Waals surface area contributed by atoms with Crippen molar-refractivity contribution in [1.82, 2.24) is 4.90 Å². The van der Waals surface area contributed by atoms with Gasteiger partial charge in [-0.1, -0.05) is 17.7 Å². The van der Waals surface area contributed by atoms with E-state index in [0.717, 1.165) is 5.56 Å². The topological polar surface area (TPSA) is 69.6 Å². The number of aryl methyl sites for hydroxylation is 1. The maximum atomic E-state index is 12.1. The van der Waals surface area contributed by atoms with Crippen molar-refractivity contribution in [3.63, 3.8) is 0 Å². The summed E-state index contributed by atoms with van der Waals surface area (Å²) in [4.78, 5) is 24.5. The van der Waals surface area contributed by atoms with Gasteiger partial charge in [-0.3, -0.25) is 0 Å². The number of hydrogen-bond donors (Lipinski definition) is 2. The van der Waals surface area contributed by atoms with Crippen LogP contribution < -0.4 is 5.32 Å². The molecule has 2 amide bonds. The van der Waals surface area contributed by atoms with Crippen LogP contribution in [0, 0.1) is 6.92 Å². The van der Waals surface area contributed by atoms with Gasteiger partial charge in [0, 0.05) is 6.54 Å². The Kier molecular flexibility index (Phi) is 3.95. The van der Waals surface area contributed by atoms with Crippen LogP contribution in [0.2, 0.25) is 5.02 Å². The van der Waals surface area contributed by atoms with Crippen LogP contribution in [0.25, 0.3) is 0 Å². The van der Waals surface area contributed by atoms with E-state index in [-0.39, 0.29) is 0 Å². The molecule has 0 aliphatic carbocycles. The lowest BCUT2D eigenvalue weighted by Crippen LogP contribution is -2.42. The number of nitrogens with zero attached hydrogens (tertiary/aromatic N) is 1. The van der Waals surface area contributed by atoms with Crippen LogP contribution in [-0.4, -0.2) is 34.6 Å². The Labute approximate surface area is 116 Å². The molecule has 1 aliphatic heterocycles. The summed E-state index contributed by atoms with van der Waals surface area (Å²) in [5.41, 5.74) is 1.47. The van der Waals surface area contributed by atoms with Crippen molar-refractivity contribution in [3.8, 4) is 0 Å². The van der Waals surface area contributed by atoms with Gasteiger partial charge in [-0.05, 0) is 37.5 Å². The summed E-state index contributed by atoms with van der Waals surface area (Å²) in [5, 5.41) is 12.2. The van der Waals surface area contributed by atoms with Crippen LogP contribution in [0.15, 0.2) is 18.2 Å². The average molecular weight is 283 g/mol. The van der Waals surface area contributed by atoms with E-state index in [1.807, 2.05) is 13.0 Å². The number of benzene rings is 1. The molecule has 2 N–H and O–H groups in total. The molecule has 1 unspecified atom stereocenters. The number of nitrogens with one attached hydrogen (secondary N) is 1. The minimum absolute atomic E-state index is 0.419. The summed E-state index contributed by atoms with van der Waals surface area (Å²) >= 11 is 6.00. The zero-order valence-electron chi connectivity index (χ0n) is 10.5. The zero-order valence-corrected chi connectivity index (χ0v) is 11.3. The van der Waals surface area contributed by atoms with Crippen LogP contribution in [0.1, 0.15) is 18.4 Å². The average Bonchev–Trinajstić information content (AvgIpc) is 2.83. The number of carbonyl (C=O) groups excluding carboxylic acids is 1. The first-order valence-corrected chi connectivity index (χ1v) is 6.43. The minimum atomic E-state index is -0.969. The second-order valence-electron chi connectivity index (χ2n) is 4.60. The number of aliphatic carboxylic acids is 1. The summed E-state index contributed by atoms with van der Waals surface area (Å²) in [6, 6.07) is 4.13. The Morgan fingerprint density at radius 1 is 1.47 bits per heavy atom. The molecule has 0 aromatic heterocycles. The normalized spacial score (nSPS) is 18.4. The van der Waals surface area contributed by atoms with Crippen LogP contribution in [0.5, 0.6) is 0 Å². The van der Waals surface area contributed by atoms with E-state index >= 15 is 0 Å². The van der Waals surface area contributed by atoms with Crippen LogP contribution >= 0.6 is 11.6 Å². The quantitative estimate of drug-likeness (QED) is 0.876. The second kappa shape index (κ2) is 5.48. The number of amides is 2. The molecule has 0 spiro atoms. The molecule has 1 saturated heterocycles. The first-order chi connectivity index (χ1) is 8.99. The van der Waals surface area contributed by atoms with Gasteiger partial charge in [0.1, 0.15) is 6.04 Å². The van der Waals surface area contributed by atoms with Gasteiger partial charge in [0.2, 0.25) is 0 Å². The van der Waals surface area contributed by atoms with Crippen molar-refractivity contribution in [2.75, 3.05) is 11.9 Å². The van der Waals surface area contributed by atoms with Crippen LogP contribution in [-0.2, 0) is 4.79 Å². The summed E-state index contributed by atoms with van der Waals surface area (Å²) < 4.78 is 0. The Morgan fingerprint density at radius 3 is 2.89 bits per heavy atom. The summed E-state index contributed by atoms with van der Waals surface area (Å²) in [7, 11) is 0. The Hall–Kier alpha value is -1.75. The predicted molar refractivity (Wildman–Crippen MR) is 72.6 cm³/mol. The number of rotatable bonds is 2. The van der Waals surface area contributed by atoms with Crippen LogP contribution in [0.3, 0.4) is 0 Å². The maximum absolute atomic E-state index is 12.1. The van der Waals surface area contributed by atoms with E-state index in [4.69, 9.17) is 16.7 Å². The summed E-state index contributed by atoms with van der Waals surface area (Å²) in [5.74, 6) is -0.969. The number of likely N-dealkylation sites (tertiary alicyclic amines) is 1. The molecule has 0 radical (unpaired) electrons. The number of urea groups is 1. The van der Waals surface area contributed by atoms with Crippen molar-refractivity contribution in [2.24, 2.45) is 0 Å². The van der Waals surface area contributed by atoms with Gasteiger partial charge in [0.25, 0.3) is 0 Å². The minimum Gasteiger partial charge on any atom is -0.480 e. The predicted octanol–water partition coefficient (Wildman–Crippen LogP) is 2.73. The molecule has 102 valence electrons. The van der Waals surface area contributed by atoms with Crippen molar-refractivity contribution < 1.29 is 14.7 Å². The zero-order chi connectivity index (χ0) is 14.0. The lowest BCUT2D eigenvalue weighted by Gasteiger charge is -2.22. The van der Waals surface area contributed by atoms with Gasteiger partial charge in [-0.2, -0.15) is 0 Å². The van der Waals surface area contributed by atoms with Gasteiger partial charge >= 0.3 is 12.0 Å². The molecule has 2 rings (SSSR count). The molecule has 1 aliphatic rings. The Balaban J connectivity index is 2.12. The van der Waals surface area contributed by atoms with E-state index in [9.17, 15) is 9.59 Å². The maximum Gasteiger partial charge on any atom is 0.326 e. The monoisotopic (exact) mass is 282 g/mol. The molecule has 1 heterocycles. The largest absolute Gasteiger partial charge is 0.480 e. The van der Waals surface area contributed by atoms with Crippen LogP contribution in [0.4, 0.5) is 10.5 Å². The molecule has 0 bridgehead atoms. The molecular formula is C13H15ClN2O3. The third-order valence-corrected chi connectivity index (χ3v) is 3.49. The van der Waals surface area contributed by atoms with E-state index in [1.165, 1.54) is 4.90 Å². The molecule has 19 heavy (non-hydrogen) atoms. The second-order valence-corrected chi connectivity index (χ2v) is 5.01. The molecule has 1 aromatic rings. The highest BCUT2D eigenvalue weighted by Gasteiger charge is 2.34. The molecule has 5 nitrogen and oxygen atoms in total. The highest BCUT2D eigenvalue weighted by atomic mass is 35.5. The number of anilines is 1. The number of carboxylic acid groups (broad SMARTS) is 1. The van der Waals surface area contributed by atoms with Gasteiger partial charge in [-0.15, -0.1) is 0 Å². The van der Waals surface area contributed by atoms with Crippen molar-refractivity contribution in [1.29, 1.82) is 0 Å². The van der Waals surface area contributed by atoms with E-state index < -0.39 is 18.0 Å². The van der Waals surface area contributed by atoms with Gasteiger partial charge in [0.15, 0.2) is 0 Å². The molecule has 1 aromatic carbocycles. The highest BCUT2D eigenvalue weighted by molar-refractivity contribution is 6.33. The number of carbonyl (C=O) groups is 2. The highest BCUT2D eigenvalue weighted by Crippen LogP contribution is 2.25. The van der Waals surface area contributed by atoms with Gasteiger partial charge in [0.05, 0.1) is 10.7 Å². The third kappa shape index (κ3) is 2.98. The van der Waals surface area contributed by atoms with Gasteiger partial charge < -0.3 is 15.3 Å². The van der Waals surface area contributed by atoms with Crippen molar-refractivity contribution in [2.45, 2.75) is 25.8 Å². The molecule has 0 saturated carbocycles. The molecule has 1 atom stereocenters. The van der Waals surface area contributed by atoms with E-state index in [2.05, 4.69) is 5.32 Å². The number of halogens is 1. The molecule has 6 heteroatoms. The third-order valence-electron chi connectivity index (χ3n) is 3.16. The Morgan fingerprint density at radius 2 is 2.21 bits per heavy atom. The van der Waals surface area contributed by atoms with E-state index in [0.29, 0.717) is 30.1 Å². The summed E-state index contributed by atoms with van der Waals surface area (Å²) in [6.45, 7) is 2.34. The Bertz CT molecular complexity index is 519. The first-order valence-electron chi connectivity index (χ1n) is 6.05. The van der Waals surface area contributed by atoms with E-state index in [1.54, 1.807) is 12.1 Å². The fraction of sp³-hybridized carbons (Fsp3) is 0.385. The molecular weight excluding hydrogens is 268 g/mol. The number of carboxylic acids is 1. The number of hydrogen-bond acceptors (Lipinski definition) is 2.